The third-order valence-electron chi connectivity index (χ3n) is 3.92. The van der Waals surface area contributed by atoms with Crippen molar-refractivity contribution < 1.29 is 4.39 Å². The molecule has 1 aromatic carbocycles. The molecular formula is C15H19FN2. The van der Waals surface area contributed by atoms with Crippen molar-refractivity contribution in [3.05, 3.63) is 35.5 Å². The van der Waals surface area contributed by atoms with E-state index in [0.717, 1.165) is 48.0 Å². The van der Waals surface area contributed by atoms with Crippen molar-refractivity contribution in [2.45, 2.75) is 38.4 Å². The number of aryl methyl sites for hydroxylation is 1. The molecule has 3 heteroatoms. The van der Waals surface area contributed by atoms with E-state index in [2.05, 4.69) is 10.3 Å². The zero-order valence-corrected chi connectivity index (χ0v) is 10.7. The van der Waals surface area contributed by atoms with Crippen LogP contribution < -0.4 is 5.32 Å². The van der Waals surface area contributed by atoms with Crippen LogP contribution in [0.25, 0.3) is 10.9 Å². The first-order valence-electron chi connectivity index (χ1n) is 6.72. The van der Waals surface area contributed by atoms with E-state index in [-0.39, 0.29) is 6.04 Å². The Balaban J connectivity index is 1.99. The van der Waals surface area contributed by atoms with E-state index in [0.29, 0.717) is 0 Å². The number of hydrogen-bond donors (Lipinski definition) is 2. The van der Waals surface area contributed by atoms with E-state index in [1.54, 1.807) is 0 Å². The molecule has 0 aliphatic carbocycles. The maximum absolute atomic E-state index is 14.8. The molecule has 1 saturated heterocycles. The Labute approximate surface area is 107 Å². The molecule has 2 heterocycles. The van der Waals surface area contributed by atoms with Crippen molar-refractivity contribution in [2.24, 2.45) is 0 Å². The highest BCUT2D eigenvalue weighted by Gasteiger charge is 2.27. The number of nitrogens with one attached hydrogen (secondary N) is 2. The number of piperidine rings is 1. The second-order valence-electron chi connectivity index (χ2n) is 5.17. The van der Waals surface area contributed by atoms with E-state index in [4.69, 9.17) is 0 Å². The maximum atomic E-state index is 14.8. The van der Waals surface area contributed by atoms with Crippen LogP contribution in [-0.2, 0) is 0 Å². The highest BCUT2D eigenvalue weighted by molar-refractivity contribution is 5.85. The topological polar surface area (TPSA) is 27.8 Å². The lowest BCUT2D eigenvalue weighted by molar-refractivity contribution is 0.222. The molecule has 1 aromatic heterocycles. The van der Waals surface area contributed by atoms with Gasteiger partial charge in [-0.25, -0.2) is 4.39 Å². The van der Waals surface area contributed by atoms with Gasteiger partial charge < -0.3 is 10.3 Å². The fourth-order valence-corrected chi connectivity index (χ4v) is 2.98. The van der Waals surface area contributed by atoms with Gasteiger partial charge in [0.1, 0.15) is 6.17 Å². The summed E-state index contributed by atoms with van der Waals surface area (Å²) in [6.45, 7) is 2.90. The number of rotatable bonds is 2. The van der Waals surface area contributed by atoms with Crippen LogP contribution in [0.3, 0.4) is 0 Å². The summed E-state index contributed by atoms with van der Waals surface area (Å²) in [5.41, 5.74) is 2.82. The SMILES string of the molecule is Cc1[nH]c2ccccc2c1C(F)C1CCCCN1. The fraction of sp³-hybridized carbons (Fsp3) is 0.467. The molecule has 18 heavy (non-hydrogen) atoms. The summed E-state index contributed by atoms with van der Waals surface area (Å²) in [6, 6.07) is 7.93. The zero-order valence-electron chi connectivity index (χ0n) is 10.7. The summed E-state index contributed by atoms with van der Waals surface area (Å²) in [5, 5.41) is 4.33. The molecule has 0 radical (unpaired) electrons. The van der Waals surface area contributed by atoms with Gasteiger partial charge in [0.05, 0.1) is 0 Å². The van der Waals surface area contributed by atoms with Gasteiger partial charge in [0.25, 0.3) is 0 Å². The maximum Gasteiger partial charge on any atom is 0.143 e. The Morgan fingerprint density at radius 2 is 2.11 bits per heavy atom. The van der Waals surface area contributed by atoms with Crippen molar-refractivity contribution in [2.75, 3.05) is 6.54 Å². The van der Waals surface area contributed by atoms with Crippen LogP contribution in [0.5, 0.6) is 0 Å². The van der Waals surface area contributed by atoms with Gasteiger partial charge in [0, 0.05) is 28.2 Å². The molecule has 2 nitrogen and oxygen atoms in total. The van der Waals surface area contributed by atoms with Crippen molar-refractivity contribution in [1.82, 2.24) is 10.3 Å². The Morgan fingerprint density at radius 1 is 1.28 bits per heavy atom. The van der Waals surface area contributed by atoms with Gasteiger partial charge in [-0.3, -0.25) is 0 Å². The number of para-hydroxylation sites is 1. The lowest BCUT2D eigenvalue weighted by Crippen LogP contribution is -2.37. The number of benzene rings is 1. The number of aromatic amines is 1. The van der Waals surface area contributed by atoms with Crippen LogP contribution in [-0.4, -0.2) is 17.6 Å². The summed E-state index contributed by atoms with van der Waals surface area (Å²) in [6.07, 6.45) is 2.30. The van der Waals surface area contributed by atoms with Gasteiger partial charge in [-0.2, -0.15) is 0 Å². The van der Waals surface area contributed by atoms with Crippen LogP contribution >= 0.6 is 0 Å². The second kappa shape index (κ2) is 4.73. The van der Waals surface area contributed by atoms with Gasteiger partial charge in [-0.05, 0) is 32.4 Å². The van der Waals surface area contributed by atoms with Gasteiger partial charge >= 0.3 is 0 Å². The molecule has 2 N–H and O–H groups in total. The molecule has 1 aliphatic rings. The zero-order chi connectivity index (χ0) is 12.5. The molecule has 1 aliphatic heterocycles. The summed E-state index contributed by atoms with van der Waals surface area (Å²) in [4.78, 5) is 3.28. The summed E-state index contributed by atoms with van der Waals surface area (Å²) < 4.78 is 14.8. The van der Waals surface area contributed by atoms with Gasteiger partial charge in [0.2, 0.25) is 0 Å². The quantitative estimate of drug-likeness (QED) is 0.832. The molecular weight excluding hydrogens is 227 g/mol. The molecule has 3 rings (SSSR count). The molecule has 0 amide bonds. The first-order valence-corrected chi connectivity index (χ1v) is 6.72. The smallest absolute Gasteiger partial charge is 0.143 e. The number of fused-ring (bicyclic) bond motifs is 1. The molecule has 2 unspecified atom stereocenters. The van der Waals surface area contributed by atoms with E-state index in [1.165, 1.54) is 0 Å². The summed E-state index contributed by atoms with van der Waals surface area (Å²) in [7, 11) is 0. The average molecular weight is 246 g/mol. The highest BCUT2D eigenvalue weighted by atomic mass is 19.1. The minimum atomic E-state index is -0.915. The lowest BCUT2D eigenvalue weighted by atomic mass is 9.94. The van der Waals surface area contributed by atoms with Crippen molar-refractivity contribution in [3.8, 4) is 0 Å². The number of hydrogen-bond acceptors (Lipinski definition) is 1. The molecule has 1 fully saturated rings. The molecule has 0 saturated carbocycles. The van der Waals surface area contributed by atoms with Gasteiger partial charge in [-0.15, -0.1) is 0 Å². The number of aromatic nitrogens is 1. The number of H-pyrrole nitrogens is 1. The van der Waals surface area contributed by atoms with E-state index < -0.39 is 6.17 Å². The molecule has 2 atom stereocenters. The van der Waals surface area contributed by atoms with E-state index in [9.17, 15) is 4.39 Å². The molecule has 0 spiro atoms. The third-order valence-corrected chi connectivity index (χ3v) is 3.92. The Morgan fingerprint density at radius 3 is 2.89 bits per heavy atom. The van der Waals surface area contributed by atoms with Crippen LogP contribution in [0.15, 0.2) is 24.3 Å². The third kappa shape index (κ3) is 1.93. The van der Waals surface area contributed by atoms with Crippen LogP contribution in [0.1, 0.15) is 36.7 Å². The van der Waals surface area contributed by atoms with Crippen molar-refractivity contribution in [1.29, 1.82) is 0 Å². The average Bonchev–Trinajstić information content (AvgIpc) is 2.75. The standard InChI is InChI=1S/C15H19FN2/c1-10-14(11-6-2-3-7-12(11)18-10)15(16)13-8-4-5-9-17-13/h2-3,6-7,13,15,17-18H,4-5,8-9H2,1H3. The number of alkyl halides is 1. The van der Waals surface area contributed by atoms with Gasteiger partial charge in [0.15, 0.2) is 0 Å². The first-order chi connectivity index (χ1) is 8.77. The van der Waals surface area contributed by atoms with Gasteiger partial charge in [-0.1, -0.05) is 24.6 Å². The summed E-state index contributed by atoms with van der Waals surface area (Å²) in [5.74, 6) is 0. The minimum absolute atomic E-state index is 0.0309. The normalized spacial score (nSPS) is 22.2. The Kier molecular flexibility index (Phi) is 3.08. The fourth-order valence-electron chi connectivity index (χ4n) is 2.98. The molecule has 2 aromatic rings. The Bertz CT molecular complexity index is 540. The highest BCUT2D eigenvalue weighted by Crippen LogP contribution is 2.34. The van der Waals surface area contributed by atoms with E-state index >= 15 is 0 Å². The first kappa shape index (κ1) is 11.7. The molecule has 0 bridgehead atoms. The Hall–Kier alpha value is -1.35. The largest absolute Gasteiger partial charge is 0.358 e. The number of halogens is 1. The van der Waals surface area contributed by atoms with Crippen LogP contribution in [0, 0.1) is 6.92 Å². The molecule has 96 valence electrons. The van der Waals surface area contributed by atoms with Crippen LogP contribution in [0.2, 0.25) is 0 Å². The summed E-state index contributed by atoms with van der Waals surface area (Å²) >= 11 is 0. The monoisotopic (exact) mass is 246 g/mol. The predicted molar refractivity (Wildman–Crippen MR) is 72.5 cm³/mol. The predicted octanol–water partition coefficient (Wildman–Crippen LogP) is 3.63. The van der Waals surface area contributed by atoms with E-state index in [1.807, 2.05) is 31.2 Å². The minimum Gasteiger partial charge on any atom is -0.358 e. The van der Waals surface area contributed by atoms with Crippen LogP contribution in [0.4, 0.5) is 4.39 Å². The lowest BCUT2D eigenvalue weighted by Gasteiger charge is -2.26. The second-order valence-corrected chi connectivity index (χ2v) is 5.17. The van der Waals surface area contributed by atoms with Crippen molar-refractivity contribution >= 4 is 10.9 Å². The van der Waals surface area contributed by atoms with Crippen molar-refractivity contribution in [3.63, 3.8) is 0 Å².